The lowest BCUT2D eigenvalue weighted by Crippen LogP contribution is -2.11. The van der Waals surface area contributed by atoms with Crippen LogP contribution in [-0.4, -0.2) is 17.1 Å². The second kappa shape index (κ2) is 5.65. The molecule has 2 aromatic rings. The molecule has 0 radical (unpaired) electrons. The van der Waals surface area contributed by atoms with E-state index < -0.39 is 0 Å². The molecule has 0 fully saturated rings. The van der Waals surface area contributed by atoms with Gasteiger partial charge in [-0.15, -0.1) is 0 Å². The van der Waals surface area contributed by atoms with Crippen molar-refractivity contribution >= 4 is 33.3 Å². The Bertz CT molecular complexity index is 549. The fraction of sp³-hybridized carbons (Fsp3) is 0.0909. The van der Waals surface area contributed by atoms with Gasteiger partial charge in [-0.25, -0.2) is 15.8 Å². The highest BCUT2D eigenvalue weighted by Gasteiger charge is 2.12. The average Bonchev–Trinajstić information content (AvgIpc) is 2.41. The third-order valence-electron chi connectivity index (χ3n) is 2.27. The van der Waals surface area contributed by atoms with Crippen LogP contribution in [-0.2, 0) is 0 Å². The number of nitrogens with zero attached hydrogens (tertiary/aromatic N) is 2. The van der Waals surface area contributed by atoms with E-state index in [9.17, 15) is 0 Å². The van der Waals surface area contributed by atoms with Crippen LogP contribution in [0.2, 0.25) is 0 Å². The number of nitrogen functional groups attached to an aromatic ring is 1. The standard InChI is InChI=1S/C11H12BrN5O/c1-18-9-10(14-6-15-11(9)17-13)16-8-5-3-2-4-7(8)12/h2-6H,13H2,1H3,(H2,14,15,16,17). The number of hydrogen-bond acceptors (Lipinski definition) is 6. The molecule has 0 amide bonds. The van der Waals surface area contributed by atoms with Gasteiger partial charge in [-0.1, -0.05) is 12.1 Å². The van der Waals surface area contributed by atoms with Gasteiger partial charge in [-0.3, -0.25) is 0 Å². The van der Waals surface area contributed by atoms with Gasteiger partial charge in [0.15, 0.2) is 11.6 Å². The van der Waals surface area contributed by atoms with Crippen LogP contribution < -0.4 is 21.3 Å². The Kier molecular flexibility index (Phi) is 3.96. The van der Waals surface area contributed by atoms with E-state index in [1.54, 1.807) is 0 Å². The fourth-order valence-electron chi connectivity index (χ4n) is 1.45. The van der Waals surface area contributed by atoms with Gasteiger partial charge < -0.3 is 15.5 Å². The zero-order valence-electron chi connectivity index (χ0n) is 9.64. The van der Waals surface area contributed by atoms with E-state index in [0.717, 1.165) is 10.2 Å². The zero-order valence-corrected chi connectivity index (χ0v) is 11.2. The molecule has 1 heterocycles. The zero-order chi connectivity index (χ0) is 13.0. The first-order valence-corrected chi connectivity index (χ1v) is 5.92. The molecule has 0 bridgehead atoms. The van der Waals surface area contributed by atoms with Crippen molar-refractivity contribution in [2.45, 2.75) is 0 Å². The quantitative estimate of drug-likeness (QED) is 0.593. The number of hydrazine groups is 1. The molecule has 0 spiro atoms. The maximum atomic E-state index is 5.36. The number of nitrogens with one attached hydrogen (secondary N) is 2. The molecule has 0 saturated heterocycles. The highest BCUT2D eigenvalue weighted by Crippen LogP contribution is 2.32. The lowest BCUT2D eigenvalue weighted by molar-refractivity contribution is 0.415. The van der Waals surface area contributed by atoms with E-state index in [-0.39, 0.29) is 0 Å². The van der Waals surface area contributed by atoms with Gasteiger partial charge in [0, 0.05) is 4.47 Å². The van der Waals surface area contributed by atoms with E-state index in [0.29, 0.717) is 17.4 Å². The summed E-state index contributed by atoms with van der Waals surface area (Å²) in [6, 6.07) is 7.70. The maximum Gasteiger partial charge on any atom is 0.205 e. The molecule has 94 valence electrons. The number of ether oxygens (including phenoxy) is 1. The normalized spacial score (nSPS) is 9.94. The predicted molar refractivity (Wildman–Crippen MR) is 73.8 cm³/mol. The number of benzene rings is 1. The molecule has 7 heteroatoms. The lowest BCUT2D eigenvalue weighted by Gasteiger charge is -2.13. The molecular weight excluding hydrogens is 298 g/mol. The molecule has 0 unspecified atom stereocenters. The summed E-state index contributed by atoms with van der Waals surface area (Å²) in [5.41, 5.74) is 3.33. The highest BCUT2D eigenvalue weighted by molar-refractivity contribution is 9.10. The van der Waals surface area contributed by atoms with Crippen LogP contribution in [0.15, 0.2) is 35.1 Å². The lowest BCUT2D eigenvalue weighted by atomic mass is 10.3. The molecule has 2 rings (SSSR count). The number of hydrogen-bond donors (Lipinski definition) is 3. The van der Waals surface area contributed by atoms with E-state index in [4.69, 9.17) is 10.6 Å². The van der Waals surface area contributed by atoms with Crippen molar-refractivity contribution in [2.75, 3.05) is 17.9 Å². The molecular formula is C11H12BrN5O. The second-order valence-corrected chi connectivity index (χ2v) is 4.21. The number of anilines is 3. The summed E-state index contributed by atoms with van der Waals surface area (Å²) in [4.78, 5) is 8.10. The molecule has 18 heavy (non-hydrogen) atoms. The SMILES string of the molecule is COc1c(NN)ncnc1Nc1ccccc1Br. The van der Waals surface area contributed by atoms with Crippen molar-refractivity contribution in [3.05, 3.63) is 35.1 Å². The van der Waals surface area contributed by atoms with Gasteiger partial charge in [-0.05, 0) is 28.1 Å². The molecule has 0 aliphatic heterocycles. The monoisotopic (exact) mass is 309 g/mol. The number of halogens is 1. The molecule has 0 aliphatic carbocycles. The topological polar surface area (TPSA) is 85.1 Å². The van der Waals surface area contributed by atoms with Crippen molar-refractivity contribution in [3.8, 4) is 5.75 Å². The van der Waals surface area contributed by atoms with Crippen molar-refractivity contribution in [1.29, 1.82) is 0 Å². The summed E-state index contributed by atoms with van der Waals surface area (Å²) >= 11 is 3.45. The summed E-state index contributed by atoms with van der Waals surface area (Å²) in [5, 5.41) is 3.15. The third kappa shape index (κ3) is 2.52. The first-order valence-electron chi connectivity index (χ1n) is 5.13. The van der Waals surface area contributed by atoms with Crippen molar-refractivity contribution in [2.24, 2.45) is 5.84 Å². The van der Waals surface area contributed by atoms with Crippen molar-refractivity contribution < 1.29 is 4.74 Å². The largest absolute Gasteiger partial charge is 0.490 e. The first kappa shape index (κ1) is 12.6. The Labute approximate surface area is 113 Å². The van der Waals surface area contributed by atoms with Crippen LogP contribution in [0.4, 0.5) is 17.3 Å². The van der Waals surface area contributed by atoms with E-state index in [2.05, 4.69) is 36.6 Å². The van der Waals surface area contributed by atoms with Crippen LogP contribution in [0, 0.1) is 0 Å². The summed E-state index contributed by atoms with van der Waals surface area (Å²) in [7, 11) is 1.53. The van der Waals surface area contributed by atoms with Gasteiger partial charge >= 0.3 is 0 Å². The Morgan fingerprint density at radius 3 is 2.61 bits per heavy atom. The van der Waals surface area contributed by atoms with Gasteiger partial charge in [0.05, 0.1) is 12.8 Å². The molecule has 6 nitrogen and oxygen atoms in total. The van der Waals surface area contributed by atoms with E-state index in [1.807, 2.05) is 24.3 Å². The Balaban J connectivity index is 2.37. The van der Waals surface area contributed by atoms with Gasteiger partial charge in [0.1, 0.15) is 6.33 Å². The number of nitrogens with two attached hydrogens (primary N) is 1. The Morgan fingerprint density at radius 2 is 1.94 bits per heavy atom. The minimum atomic E-state index is 0.419. The number of aromatic nitrogens is 2. The smallest absolute Gasteiger partial charge is 0.205 e. The van der Waals surface area contributed by atoms with Crippen LogP contribution in [0.1, 0.15) is 0 Å². The Hall–Kier alpha value is -1.86. The highest BCUT2D eigenvalue weighted by atomic mass is 79.9. The fourth-order valence-corrected chi connectivity index (χ4v) is 1.83. The van der Waals surface area contributed by atoms with Crippen molar-refractivity contribution in [3.63, 3.8) is 0 Å². The number of rotatable bonds is 4. The molecule has 1 aromatic carbocycles. The summed E-state index contributed by atoms with van der Waals surface area (Å²) < 4.78 is 6.16. The first-order chi connectivity index (χ1) is 8.76. The van der Waals surface area contributed by atoms with E-state index >= 15 is 0 Å². The van der Waals surface area contributed by atoms with Gasteiger partial charge in [0.25, 0.3) is 0 Å². The predicted octanol–water partition coefficient (Wildman–Crippen LogP) is 2.28. The number of methoxy groups -OCH3 is 1. The summed E-state index contributed by atoms with van der Waals surface area (Å²) in [6.07, 6.45) is 1.40. The molecule has 4 N–H and O–H groups in total. The van der Waals surface area contributed by atoms with E-state index in [1.165, 1.54) is 13.4 Å². The Morgan fingerprint density at radius 1 is 1.22 bits per heavy atom. The summed E-state index contributed by atoms with van der Waals surface area (Å²) in [5.74, 6) is 6.77. The van der Waals surface area contributed by atoms with Crippen LogP contribution in [0.5, 0.6) is 5.75 Å². The minimum Gasteiger partial charge on any atom is -0.490 e. The molecule has 0 atom stereocenters. The number of para-hydroxylation sites is 1. The third-order valence-corrected chi connectivity index (χ3v) is 2.96. The second-order valence-electron chi connectivity index (χ2n) is 3.35. The van der Waals surface area contributed by atoms with Gasteiger partial charge in [0.2, 0.25) is 5.75 Å². The molecule has 0 aliphatic rings. The van der Waals surface area contributed by atoms with Gasteiger partial charge in [-0.2, -0.15) is 0 Å². The molecule has 1 aromatic heterocycles. The van der Waals surface area contributed by atoms with Crippen molar-refractivity contribution in [1.82, 2.24) is 9.97 Å². The average molecular weight is 310 g/mol. The minimum absolute atomic E-state index is 0.419. The molecule has 0 saturated carbocycles. The van der Waals surface area contributed by atoms with Crippen LogP contribution in [0.25, 0.3) is 0 Å². The van der Waals surface area contributed by atoms with Crippen LogP contribution >= 0.6 is 15.9 Å². The summed E-state index contributed by atoms with van der Waals surface area (Å²) in [6.45, 7) is 0. The van der Waals surface area contributed by atoms with Crippen LogP contribution in [0.3, 0.4) is 0 Å². The maximum absolute atomic E-state index is 5.36.